The number of thioether (sulfide) groups is 1. The van der Waals surface area contributed by atoms with E-state index in [9.17, 15) is 4.79 Å². The molecule has 0 saturated heterocycles. The fourth-order valence-corrected chi connectivity index (χ4v) is 5.12. The zero-order chi connectivity index (χ0) is 21.4. The monoisotopic (exact) mass is 430 g/mol. The van der Waals surface area contributed by atoms with Gasteiger partial charge in [-0.1, -0.05) is 71.4 Å². The Balaban J connectivity index is 1.49. The average Bonchev–Trinajstić information content (AvgIpc) is 2.78. The third kappa shape index (κ3) is 4.04. The van der Waals surface area contributed by atoms with E-state index in [2.05, 4.69) is 49.5 Å². The number of nitrogens with one attached hydrogen (secondary N) is 1. The van der Waals surface area contributed by atoms with Gasteiger partial charge in [0.15, 0.2) is 5.17 Å². The standard InChI is InChI=1S/C25H26N4OS/c1-16-7-11-18(12-8-16)15-31-25-27-24(30)22-20-5-3-4-6-21(20)26-23(29(22)28-25)19-13-9-17(2)10-14-19/h3-9,11-12,19,23H,10,13-15H2,1-2H3,(H,27,28,30)/t19-,23-/m1/s1. The van der Waals surface area contributed by atoms with E-state index in [0.29, 0.717) is 16.8 Å². The number of amides is 1. The van der Waals surface area contributed by atoms with Crippen LogP contribution < -0.4 is 15.9 Å². The van der Waals surface area contributed by atoms with Gasteiger partial charge in [-0.2, -0.15) is 0 Å². The highest BCUT2D eigenvalue weighted by atomic mass is 32.2. The predicted octanol–water partition coefficient (Wildman–Crippen LogP) is 3.45. The second kappa shape index (κ2) is 8.35. The van der Waals surface area contributed by atoms with E-state index in [-0.39, 0.29) is 12.1 Å². The molecule has 1 amide bonds. The number of allylic oxidation sites excluding steroid dienone is 2. The van der Waals surface area contributed by atoms with Crippen molar-refractivity contribution in [3.63, 3.8) is 0 Å². The van der Waals surface area contributed by atoms with Crippen LogP contribution in [-0.2, 0) is 10.5 Å². The Kier molecular flexibility index (Phi) is 5.40. The molecule has 6 heteroatoms. The second-order valence-electron chi connectivity index (χ2n) is 8.47. The van der Waals surface area contributed by atoms with Gasteiger partial charge in [0.2, 0.25) is 0 Å². The largest absolute Gasteiger partial charge is 0.298 e. The SMILES string of the molecule is CC1=CC[C@@H]([C@@H]2N=c3ccccc3=C3C(=O)NC(SCc4ccc(C)cc4)=NN32)CC1. The molecule has 1 N–H and O–H groups in total. The molecule has 0 bridgehead atoms. The number of aryl methyl sites for hydroxylation is 1. The Labute approximate surface area is 186 Å². The fraction of sp³-hybridized carbons (Fsp3) is 0.320. The minimum Gasteiger partial charge on any atom is -0.298 e. The first-order valence-corrected chi connectivity index (χ1v) is 11.8. The van der Waals surface area contributed by atoms with Crippen LogP contribution >= 0.6 is 11.8 Å². The maximum atomic E-state index is 13.2. The van der Waals surface area contributed by atoms with Crippen LogP contribution in [0.15, 0.2) is 70.3 Å². The molecular formula is C25H26N4OS. The third-order valence-corrected chi connectivity index (χ3v) is 7.08. The minimum atomic E-state index is -0.157. The van der Waals surface area contributed by atoms with Crippen LogP contribution in [0.25, 0.3) is 5.70 Å². The Bertz CT molecular complexity index is 1200. The van der Waals surface area contributed by atoms with Crippen molar-refractivity contribution in [1.82, 2.24) is 10.3 Å². The van der Waals surface area contributed by atoms with Gasteiger partial charge in [-0.25, -0.2) is 5.01 Å². The first-order chi connectivity index (χ1) is 15.1. The van der Waals surface area contributed by atoms with Crippen molar-refractivity contribution in [3.8, 4) is 0 Å². The first-order valence-electron chi connectivity index (χ1n) is 10.8. The molecule has 2 atom stereocenters. The zero-order valence-corrected chi connectivity index (χ0v) is 18.7. The number of amidine groups is 1. The number of hydrogen-bond acceptors (Lipinski definition) is 5. The van der Waals surface area contributed by atoms with Gasteiger partial charge >= 0.3 is 0 Å². The predicted molar refractivity (Wildman–Crippen MR) is 125 cm³/mol. The molecule has 31 heavy (non-hydrogen) atoms. The molecule has 2 aromatic carbocycles. The Morgan fingerprint density at radius 3 is 2.71 bits per heavy atom. The van der Waals surface area contributed by atoms with Crippen molar-refractivity contribution < 1.29 is 4.79 Å². The number of para-hydroxylation sites is 1. The maximum Gasteiger partial charge on any atom is 0.276 e. The summed E-state index contributed by atoms with van der Waals surface area (Å²) in [6.07, 6.45) is 5.26. The van der Waals surface area contributed by atoms with Gasteiger partial charge in [-0.05, 0) is 44.7 Å². The number of nitrogens with zero attached hydrogens (tertiary/aromatic N) is 3. The summed E-state index contributed by atoms with van der Waals surface area (Å²) in [6, 6.07) is 16.3. The van der Waals surface area contributed by atoms with Gasteiger partial charge in [0, 0.05) is 16.9 Å². The topological polar surface area (TPSA) is 57.1 Å². The van der Waals surface area contributed by atoms with Crippen molar-refractivity contribution in [1.29, 1.82) is 0 Å². The maximum absolute atomic E-state index is 13.2. The zero-order valence-electron chi connectivity index (χ0n) is 17.8. The molecule has 0 spiro atoms. The fourth-order valence-electron chi connectivity index (χ4n) is 4.32. The summed E-state index contributed by atoms with van der Waals surface area (Å²) < 4.78 is 0. The number of rotatable bonds is 3. The van der Waals surface area contributed by atoms with E-state index < -0.39 is 0 Å². The normalized spacial score (nSPS) is 22.6. The van der Waals surface area contributed by atoms with E-state index in [1.54, 1.807) is 11.8 Å². The van der Waals surface area contributed by atoms with Crippen LogP contribution in [0.1, 0.15) is 37.3 Å². The van der Waals surface area contributed by atoms with E-state index in [1.165, 1.54) is 16.7 Å². The molecule has 2 heterocycles. The Morgan fingerprint density at radius 1 is 1.13 bits per heavy atom. The van der Waals surface area contributed by atoms with Gasteiger partial charge in [-0.15, -0.1) is 5.10 Å². The van der Waals surface area contributed by atoms with Crippen molar-refractivity contribution in [2.24, 2.45) is 16.0 Å². The highest BCUT2D eigenvalue weighted by molar-refractivity contribution is 8.13. The van der Waals surface area contributed by atoms with Crippen LogP contribution in [0.3, 0.4) is 0 Å². The molecule has 0 fully saturated rings. The lowest BCUT2D eigenvalue weighted by Gasteiger charge is -2.38. The van der Waals surface area contributed by atoms with Crippen molar-refractivity contribution >= 4 is 28.5 Å². The number of carbonyl (C=O) groups is 1. The smallest absolute Gasteiger partial charge is 0.276 e. The van der Waals surface area contributed by atoms with E-state index in [1.807, 2.05) is 29.3 Å². The van der Waals surface area contributed by atoms with Gasteiger partial charge in [0.1, 0.15) is 11.9 Å². The number of carbonyl (C=O) groups excluding carboxylic acids is 1. The third-order valence-electron chi connectivity index (χ3n) is 6.14. The number of fused-ring (bicyclic) bond motifs is 2. The molecule has 2 aromatic rings. The summed E-state index contributed by atoms with van der Waals surface area (Å²) in [6.45, 7) is 4.27. The lowest BCUT2D eigenvalue weighted by Crippen LogP contribution is -2.54. The van der Waals surface area contributed by atoms with Crippen LogP contribution in [0.2, 0.25) is 0 Å². The van der Waals surface area contributed by atoms with Gasteiger partial charge in [0.05, 0.1) is 5.36 Å². The Morgan fingerprint density at radius 2 is 1.94 bits per heavy atom. The van der Waals surface area contributed by atoms with Crippen LogP contribution in [-0.4, -0.2) is 22.2 Å². The summed E-state index contributed by atoms with van der Waals surface area (Å²) in [5.74, 6) is 0.994. The van der Waals surface area contributed by atoms with Gasteiger partial charge in [-0.3, -0.25) is 15.1 Å². The highest BCUT2D eigenvalue weighted by Gasteiger charge is 2.37. The second-order valence-corrected chi connectivity index (χ2v) is 9.44. The van der Waals surface area contributed by atoms with E-state index in [4.69, 9.17) is 10.1 Å². The van der Waals surface area contributed by atoms with Crippen LogP contribution in [0, 0.1) is 12.8 Å². The summed E-state index contributed by atoms with van der Waals surface area (Å²) in [4.78, 5) is 18.3. The van der Waals surface area contributed by atoms with Crippen LogP contribution in [0.5, 0.6) is 0 Å². The minimum absolute atomic E-state index is 0.101. The summed E-state index contributed by atoms with van der Waals surface area (Å²) in [5, 5.41) is 12.2. The number of hydrogen-bond donors (Lipinski definition) is 1. The molecule has 0 radical (unpaired) electrons. The summed E-state index contributed by atoms with van der Waals surface area (Å²) >= 11 is 1.56. The number of hydrazone groups is 1. The Hall–Kier alpha value is -2.86. The molecule has 0 unspecified atom stereocenters. The van der Waals surface area contributed by atoms with Gasteiger partial charge in [0.25, 0.3) is 5.91 Å². The lowest BCUT2D eigenvalue weighted by atomic mass is 9.87. The van der Waals surface area contributed by atoms with Gasteiger partial charge < -0.3 is 0 Å². The quantitative estimate of drug-likeness (QED) is 0.759. The van der Waals surface area contributed by atoms with Crippen molar-refractivity contribution in [2.45, 2.75) is 45.0 Å². The van der Waals surface area contributed by atoms with Crippen molar-refractivity contribution in [2.75, 3.05) is 0 Å². The van der Waals surface area contributed by atoms with Crippen molar-refractivity contribution in [3.05, 3.63) is 81.9 Å². The molecule has 5 rings (SSSR count). The molecule has 5 nitrogen and oxygen atoms in total. The lowest BCUT2D eigenvalue weighted by molar-refractivity contribution is -0.116. The molecule has 158 valence electrons. The first kappa shape index (κ1) is 20.1. The molecule has 2 aliphatic heterocycles. The van der Waals surface area contributed by atoms with E-state index >= 15 is 0 Å². The molecule has 0 saturated carbocycles. The molecular weight excluding hydrogens is 404 g/mol. The molecule has 3 aliphatic rings. The summed E-state index contributed by atoms with van der Waals surface area (Å²) in [7, 11) is 0. The average molecular weight is 431 g/mol. The molecule has 1 aliphatic carbocycles. The van der Waals surface area contributed by atoms with Crippen LogP contribution in [0.4, 0.5) is 0 Å². The molecule has 0 aromatic heterocycles. The summed E-state index contributed by atoms with van der Waals surface area (Å²) in [5.41, 5.74) is 4.50. The number of benzene rings is 2. The highest BCUT2D eigenvalue weighted by Crippen LogP contribution is 2.33. The van der Waals surface area contributed by atoms with E-state index in [0.717, 1.165) is 35.6 Å².